The Hall–Kier alpha value is 0.590. The fraction of sp³-hybridized carbons (Fsp3) is 0. The van der Waals surface area contributed by atoms with Crippen molar-refractivity contribution in [1.29, 1.82) is 0 Å². The molecule has 0 aliphatic rings. The molecule has 0 aliphatic carbocycles. The number of carboxylic acid groups (broad SMARTS) is 3. The minimum atomic E-state index is -1.68. The van der Waals surface area contributed by atoms with Crippen LogP contribution in [0.5, 0.6) is 0 Å². The Labute approximate surface area is 174 Å². The number of rotatable bonds is 3. The molecule has 10 heteroatoms. The average molecular weight is 294 g/mol. The van der Waals surface area contributed by atoms with Crippen molar-refractivity contribution in [2.45, 2.75) is 0 Å². The van der Waals surface area contributed by atoms with Crippen LogP contribution in [0.2, 0.25) is 0 Å². The third kappa shape index (κ3) is 8.46. The Morgan fingerprint density at radius 3 is 0.895 bits per heavy atom. The van der Waals surface area contributed by atoms with E-state index in [9.17, 15) is 29.7 Å². The summed E-state index contributed by atoms with van der Waals surface area (Å²) < 4.78 is 0. The second-order valence-corrected chi connectivity index (χ2v) is 2.66. The molecule has 0 radical (unpaired) electrons. The van der Waals surface area contributed by atoms with Gasteiger partial charge in [-0.3, -0.25) is 0 Å². The first-order valence-electron chi connectivity index (χ1n) is 3.71. The first-order chi connectivity index (χ1) is 6.91. The van der Waals surface area contributed by atoms with E-state index in [-0.39, 0.29) is 94.1 Å². The van der Waals surface area contributed by atoms with Crippen molar-refractivity contribution in [3.8, 4) is 0 Å². The molecule has 0 saturated heterocycles. The van der Waals surface area contributed by atoms with Crippen LogP contribution in [0.25, 0.3) is 0 Å². The molecule has 0 atom stereocenters. The Kier molecular flexibility index (Phi) is 18.1. The molecule has 1 aromatic carbocycles. The molecule has 0 fully saturated rings. The van der Waals surface area contributed by atoms with Gasteiger partial charge in [-0.25, -0.2) is 0 Å². The maximum atomic E-state index is 10.4. The van der Waals surface area contributed by atoms with E-state index in [2.05, 4.69) is 0 Å². The van der Waals surface area contributed by atoms with E-state index in [1.54, 1.807) is 0 Å². The van der Waals surface area contributed by atoms with E-state index in [0.717, 1.165) is 18.2 Å². The fourth-order valence-corrected chi connectivity index (χ4v) is 0.981. The minimum Gasteiger partial charge on any atom is -0.545 e. The largest absolute Gasteiger partial charge is 1.00 e. The van der Waals surface area contributed by atoms with Crippen molar-refractivity contribution in [3.05, 3.63) is 34.9 Å². The quantitative estimate of drug-likeness (QED) is 0.504. The Bertz CT molecular complexity index is 382. The maximum absolute atomic E-state index is 10.4. The van der Waals surface area contributed by atoms with Crippen LogP contribution in [0.15, 0.2) is 18.2 Å². The number of hydrogen-bond donors (Lipinski definition) is 0. The van der Waals surface area contributed by atoms with E-state index in [1.165, 1.54) is 0 Å². The average Bonchev–Trinajstić information content (AvgIpc) is 2.16. The third-order valence-electron chi connectivity index (χ3n) is 1.64. The normalized spacial score (nSPS) is 7.58. The molecular weight excluding hydrogens is 289 g/mol. The summed E-state index contributed by atoms with van der Waals surface area (Å²) in [5.74, 6) is -5.04. The first kappa shape index (κ1) is 27.9. The number of benzene rings is 1. The van der Waals surface area contributed by atoms with Gasteiger partial charge in [-0.2, -0.15) is 0 Å². The number of carbonyl (C=O) groups excluding carboxylic acids is 3. The van der Waals surface area contributed by atoms with Crippen LogP contribution >= 0.6 is 0 Å². The second kappa shape index (κ2) is 12.3. The standard InChI is InChI=1S/C9H6O6.3Na.H2O/c10-7(11)4-1-5(8(12)13)3-6(2-4)9(14)15;;;;/h1-3H,(H,10,11)(H,12,13)(H,14,15);;;;1H2/q;3*+1;/p-3. The van der Waals surface area contributed by atoms with E-state index < -0.39 is 34.6 Å². The predicted octanol–water partition coefficient (Wildman–Crippen LogP) is -13.0. The maximum Gasteiger partial charge on any atom is 1.00 e. The van der Waals surface area contributed by atoms with Crippen LogP contribution in [0.1, 0.15) is 31.1 Å². The van der Waals surface area contributed by atoms with E-state index >= 15 is 0 Å². The van der Waals surface area contributed by atoms with Crippen LogP contribution in [0.4, 0.5) is 0 Å². The summed E-state index contributed by atoms with van der Waals surface area (Å²) in [7, 11) is 0. The van der Waals surface area contributed by atoms with Gasteiger partial charge in [0.2, 0.25) is 0 Å². The van der Waals surface area contributed by atoms with Crippen molar-refractivity contribution in [2.75, 3.05) is 0 Å². The number of aromatic carboxylic acids is 3. The molecule has 7 nitrogen and oxygen atoms in total. The molecule has 0 saturated carbocycles. The van der Waals surface area contributed by atoms with Gasteiger partial charge in [-0.05, 0) is 34.9 Å². The molecule has 0 amide bonds. The van der Waals surface area contributed by atoms with Crippen molar-refractivity contribution in [2.24, 2.45) is 0 Å². The smallest absolute Gasteiger partial charge is 0.545 e. The van der Waals surface area contributed by atoms with Gasteiger partial charge in [-0.1, -0.05) is 0 Å². The van der Waals surface area contributed by atoms with Gasteiger partial charge < -0.3 is 35.2 Å². The van der Waals surface area contributed by atoms with Gasteiger partial charge in [0.15, 0.2) is 0 Å². The van der Waals surface area contributed by atoms with E-state index in [1.807, 2.05) is 0 Å². The first-order valence-corrected chi connectivity index (χ1v) is 3.71. The van der Waals surface area contributed by atoms with Crippen molar-refractivity contribution in [1.82, 2.24) is 0 Å². The summed E-state index contributed by atoms with van der Waals surface area (Å²) in [6.07, 6.45) is 0. The summed E-state index contributed by atoms with van der Waals surface area (Å²) in [5, 5.41) is 31.2. The van der Waals surface area contributed by atoms with Crippen molar-refractivity contribution in [3.63, 3.8) is 0 Å². The molecule has 0 bridgehead atoms. The van der Waals surface area contributed by atoms with Gasteiger partial charge in [0.05, 0.1) is 17.9 Å². The minimum absolute atomic E-state index is 0. The van der Waals surface area contributed by atoms with Crippen molar-refractivity contribution >= 4 is 17.9 Å². The van der Waals surface area contributed by atoms with E-state index in [0.29, 0.717) is 0 Å². The Morgan fingerprint density at radius 1 is 0.632 bits per heavy atom. The Balaban J connectivity index is -0.000000281. The van der Waals surface area contributed by atoms with Crippen LogP contribution in [-0.2, 0) is 0 Å². The number of hydrogen-bond acceptors (Lipinski definition) is 6. The van der Waals surface area contributed by atoms with Crippen molar-refractivity contribution < 1.29 is 124 Å². The van der Waals surface area contributed by atoms with Gasteiger partial charge in [0.25, 0.3) is 0 Å². The van der Waals surface area contributed by atoms with Crippen LogP contribution in [0.3, 0.4) is 0 Å². The van der Waals surface area contributed by atoms with E-state index in [4.69, 9.17) is 0 Å². The Morgan fingerprint density at radius 2 is 0.789 bits per heavy atom. The number of carboxylic acids is 3. The molecule has 0 aliphatic heterocycles. The van der Waals surface area contributed by atoms with Gasteiger partial charge in [0.1, 0.15) is 0 Å². The SMILES string of the molecule is O.O=C([O-])c1cc(C(=O)[O-])cc(C(=O)[O-])c1.[Na+].[Na+].[Na+]. The summed E-state index contributed by atoms with van der Waals surface area (Å²) in [6.45, 7) is 0. The van der Waals surface area contributed by atoms with Crippen LogP contribution in [-0.4, -0.2) is 23.4 Å². The molecule has 0 spiro atoms. The molecule has 1 rings (SSSR count). The molecule has 86 valence electrons. The summed E-state index contributed by atoms with van der Waals surface area (Å²) in [4.78, 5) is 31.2. The van der Waals surface area contributed by atoms with Crippen LogP contribution in [0, 0.1) is 0 Å². The zero-order chi connectivity index (χ0) is 11.6. The zero-order valence-corrected chi connectivity index (χ0v) is 16.7. The zero-order valence-electron chi connectivity index (χ0n) is 10.7. The van der Waals surface area contributed by atoms with Gasteiger partial charge >= 0.3 is 88.7 Å². The van der Waals surface area contributed by atoms with Crippen LogP contribution < -0.4 is 104 Å². The topological polar surface area (TPSA) is 152 Å². The summed E-state index contributed by atoms with van der Waals surface area (Å²) in [5.41, 5.74) is -1.68. The summed E-state index contributed by atoms with van der Waals surface area (Å²) in [6, 6.07) is 2.24. The molecular formula is C9H5Na3O7. The van der Waals surface area contributed by atoms with Gasteiger partial charge in [-0.15, -0.1) is 0 Å². The molecule has 19 heavy (non-hydrogen) atoms. The fourth-order valence-electron chi connectivity index (χ4n) is 0.981. The molecule has 0 unspecified atom stereocenters. The summed E-state index contributed by atoms with van der Waals surface area (Å²) >= 11 is 0. The second-order valence-electron chi connectivity index (χ2n) is 2.66. The number of carbonyl (C=O) groups is 3. The van der Waals surface area contributed by atoms with Gasteiger partial charge in [0, 0.05) is 0 Å². The predicted molar refractivity (Wildman–Crippen MR) is 43.0 cm³/mol. The monoisotopic (exact) mass is 294 g/mol. The third-order valence-corrected chi connectivity index (χ3v) is 1.64. The molecule has 0 aromatic heterocycles. The molecule has 0 heterocycles. The molecule has 1 aromatic rings. The molecule has 2 N–H and O–H groups in total.